The number of hydrogen-bond acceptors (Lipinski definition) is 4. The lowest BCUT2D eigenvalue weighted by molar-refractivity contribution is 0.0928. The fraction of sp³-hybridized carbons (Fsp3) is 0.500. The van der Waals surface area contributed by atoms with Crippen molar-refractivity contribution in [3.63, 3.8) is 0 Å². The molecule has 5 heteroatoms. The van der Waals surface area contributed by atoms with Crippen molar-refractivity contribution in [2.75, 3.05) is 12.0 Å². The molecule has 1 aliphatic carbocycles. The Morgan fingerprint density at radius 3 is 2.63 bits per heavy atom. The Bertz CT molecular complexity index is 457. The summed E-state index contributed by atoms with van der Waals surface area (Å²) in [5.74, 6) is -0.179. The molecule has 1 aliphatic rings. The van der Waals surface area contributed by atoms with Gasteiger partial charge in [0.2, 0.25) is 0 Å². The van der Waals surface area contributed by atoms with E-state index < -0.39 is 0 Å². The number of benzene rings is 1. The first-order valence-electron chi connectivity index (χ1n) is 6.52. The van der Waals surface area contributed by atoms with Crippen LogP contribution in [0.2, 0.25) is 0 Å². The number of nitrogens with two attached hydrogens (primary N) is 1. The number of phenols is 1. The number of phenolic OH excluding ortho intramolecular Hbond substituents is 1. The van der Waals surface area contributed by atoms with E-state index in [2.05, 4.69) is 11.6 Å². The Hall–Kier alpha value is -1.36. The second-order valence-corrected chi connectivity index (χ2v) is 6.09. The van der Waals surface area contributed by atoms with Gasteiger partial charge >= 0.3 is 0 Å². The molecule has 19 heavy (non-hydrogen) atoms. The minimum atomic E-state index is -0.136. The molecule has 1 amide bonds. The van der Waals surface area contributed by atoms with Gasteiger partial charge in [0.25, 0.3) is 5.91 Å². The number of thioether (sulfide) groups is 1. The van der Waals surface area contributed by atoms with Gasteiger partial charge in [0.1, 0.15) is 5.75 Å². The van der Waals surface area contributed by atoms with Gasteiger partial charge in [0.05, 0.1) is 5.69 Å². The average Bonchev–Trinajstić information content (AvgIpc) is 2.42. The lowest BCUT2D eigenvalue weighted by Crippen LogP contribution is -2.38. The minimum absolute atomic E-state index is 0.0428. The second-order valence-electron chi connectivity index (χ2n) is 4.96. The molecule has 1 saturated carbocycles. The quantitative estimate of drug-likeness (QED) is 0.587. The Morgan fingerprint density at radius 1 is 1.37 bits per heavy atom. The predicted octanol–water partition coefficient (Wildman–Crippen LogP) is 2.38. The van der Waals surface area contributed by atoms with Gasteiger partial charge in [-0.1, -0.05) is 0 Å². The van der Waals surface area contributed by atoms with E-state index in [1.807, 2.05) is 11.8 Å². The first-order chi connectivity index (χ1) is 9.10. The summed E-state index contributed by atoms with van der Waals surface area (Å²) >= 11 is 1.91. The van der Waals surface area contributed by atoms with Gasteiger partial charge in [0, 0.05) is 16.9 Å². The summed E-state index contributed by atoms with van der Waals surface area (Å²) in [6.07, 6.45) is 6.50. The van der Waals surface area contributed by atoms with Gasteiger partial charge in [-0.15, -0.1) is 0 Å². The Labute approximate surface area is 117 Å². The van der Waals surface area contributed by atoms with E-state index in [9.17, 15) is 9.90 Å². The third-order valence-corrected chi connectivity index (χ3v) is 4.77. The molecular formula is C14H20N2O2S. The first-order valence-corrected chi connectivity index (χ1v) is 7.81. The minimum Gasteiger partial charge on any atom is -0.506 e. The number of carbonyl (C=O) groups excluding carboxylic acids is 1. The van der Waals surface area contributed by atoms with E-state index >= 15 is 0 Å². The van der Waals surface area contributed by atoms with E-state index in [0.29, 0.717) is 5.56 Å². The van der Waals surface area contributed by atoms with Crippen LogP contribution in [0.15, 0.2) is 18.2 Å². The van der Waals surface area contributed by atoms with E-state index in [1.54, 1.807) is 12.1 Å². The SMILES string of the molecule is CSC1CCC(NC(=O)c2ccc(N)c(O)c2)CC1. The van der Waals surface area contributed by atoms with Crippen LogP contribution in [-0.4, -0.2) is 28.6 Å². The lowest BCUT2D eigenvalue weighted by atomic mass is 9.94. The maximum absolute atomic E-state index is 12.1. The summed E-state index contributed by atoms with van der Waals surface area (Å²) in [5.41, 5.74) is 6.27. The molecule has 2 rings (SSSR count). The third-order valence-electron chi connectivity index (χ3n) is 3.64. The van der Waals surface area contributed by atoms with Crippen molar-refractivity contribution in [1.82, 2.24) is 5.32 Å². The van der Waals surface area contributed by atoms with Crippen molar-refractivity contribution in [1.29, 1.82) is 0 Å². The molecule has 0 spiro atoms. The fourth-order valence-electron chi connectivity index (χ4n) is 2.40. The summed E-state index contributed by atoms with van der Waals surface area (Å²) < 4.78 is 0. The predicted molar refractivity (Wildman–Crippen MR) is 79.5 cm³/mol. The van der Waals surface area contributed by atoms with Gasteiger partial charge in [-0.25, -0.2) is 0 Å². The molecule has 0 atom stereocenters. The number of nitrogens with one attached hydrogen (secondary N) is 1. The fourth-order valence-corrected chi connectivity index (χ4v) is 3.14. The average molecular weight is 280 g/mol. The van der Waals surface area contributed by atoms with Crippen LogP contribution in [-0.2, 0) is 0 Å². The summed E-state index contributed by atoms with van der Waals surface area (Å²) in [6, 6.07) is 4.85. The number of nitrogen functional groups attached to an aromatic ring is 1. The van der Waals surface area contributed by atoms with Crippen molar-refractivity contribution < 1.29 is 9.90 Å². The molecule has 4 nitrogen and oxygen atoms in total. The molecule has 0 aromatic heterocycles. The molecule has 104 valence electrons. The zero-order valence-corrected chi connectivity index (χ0v) is 11.9. The van der Waals surface area contributed by atoms with E-state index in [-0.39, 0.29) is 23.4 Å². The second kappa shape index (κ2) is 6.19. The number of rotatable bonds is 3. The van der Waals surface area contributed by atoms with Crippen LogP contribution < -0.4 is 11.1 Å². The zero-order chi connectivity index (χ0) is 13.8. The van der Waals surface area contributed by atoms with E-state index in [0.717, 1.165) is 30.9 Å². The molecule has 0 aliphatic heterocycles. The van der Waals surface area contributed by atoms with Crippen LogP contribution in [0.3, 0.4) is 0 Å². The topological polar surface area (TPSA) is 75.4 Å². The Kier molecular flexibility index (Phi) is 4.58. The molecule has 0 unspecified atom stereocenters. The smallest absolute Gasteiger partial charge is 0.251 e. The standard InChI is InChI=1S/C14H20N2O2S/c1-19-11-5-3-10(4-6-11)16-14(18)9-2-7-12(15)13(17)8-9/h2,7-8,10-11,17H,3-6,15H2,1H3,(H,16,18). The number of hydrogen-bond donors (Lipinski definition) is 3. The van der Waals surface area contributed by atoms with Crippen LogP contribution >= 0.6 is 11.8 Å². The van der Waals surface area contributed by atoms with Gasteiger partial charge in [0.15, 0.2) is 0 Å². The highest BCUT2D eigenvalue weighted by Crippen LogP contribution is 2.27. The van der Waals surface area contributed by atoms with E-state index in [4.69, 9.17) is 5.73 Å². The van der Waals surface area contributed by atoms with Gasteiger partial charge in [-0.3, -0.25) is 4.79 Å². The van der Waals surface area contributed by atoms with Crippen molar-refractivity contribution in [3.8, 4) is 5.75 Å². The maximum atomic E-state index is 12.1. The summed E-state index contributed by atoms with van der Waals surface area (Å²) in [7, 11) is 0. The number of aromatic hydroxyl groups is 1. The van der Waals surface area contributed by atoms with Crippen LogP contribution in [0, 0.1) is 0 Å². The molecule has 0 bridgehead atoms. The van der Waals surface area contributed by atoms with Crippen LogP contribution in [0.4, 0.5) is 5.69 Å². The lowest BCUT2D eigenvalue weighted by Gasteiger charge is -2.28. The number of anilines is 1. The molecule has 4 N–H and O–H groups in total. The third kappa shape index (κ3) is 3.56. The molecule has 1 fully saturated rings. The zero-order valence-electron chi connectivity index (χ0n) is 11.1. The summed E-state index contributed by atoms with van der Waals surface area (Å²) in [4.78, 5) is 12.1. The van der Waals surface area contributed by atoms with Gasteiger partial charge in [-0.2, -0.15) is 11.8 Å². The normalized spacial score (nSPS) is 23.0. The maximum Gasteiger partial charge on any atom is 0.251 e. The van der Waals surface area contributed by atoms with Crippen molar-refractivity contribution in [2.24, 2.45) is 0 Å². The van der Waals surface area contributed by atoms with Crippen molar-refractivity contribution in [2.45, 2.75) is 37.0 Å². The molecule has 0 radical (unpaired) electrons. The van der Waals surface area contributed by atoms with Crippen LogP contribution in [0.25, 0.3) is 0 Å². The summed E-state index contributed by atoms with van der Waals surface area (Å²) in [5, 5.41) is 13.3. The van der Waals surface area contributed by atoms with Gasteiger partial charge in [-0.05, 0) is 50.1 Å². The molecule has 0 heterocycles. The van der Waals surface area contributed by atoms with Gasteiger partial charge < -0.3 is 16.2 Å². The molecule has 1 aromatic rings. The summed E-state index contributed by atoms with van der Waals surface area (Å²) in [6.45, 7) is 0. The molecule has 0 saturated heterocycles. The van der Waals surface area contributed by atoms with Crippen LogP contribution in [0.5, 0.6) is 5.75 Å². The highest BCUT2D eigenvalue weighted by Gasteiger charge is 2.22. The molecular weight excluding hydrogens is 260 g/mol. The van der Waals surface area contributed by atoms with Crippen molar-refractivity contribution >= 4 is 23.4 Å². The Morgan fingerprint density at radius 2 is 2.05 bits per heavy atom. The van der Waals surface area contributed by atoms with Crippen LogP contribution in [0.1, 0.15) is 36.0 Å². The number of amides is 1. The van der Waals surface area contributed by atoms with E-state index in [1.165, 1.54) is 6.07 Å². The number of carbonyl (C=O) groups is 1. The monoisotopic (exact) mass is 280 g/mol. The highest BCUT2D eigenvalue weighted by molar-refractivity contribution is 7.99. The highest BCUT2D eigenvalue weighted by atomic mass is 32.2. The Balaban J connectivity index is 1.92. The largest absolute Gasteiger partial charge is 0.506 e. The first kappa shape index (κ1) is 14.1. The molecule has 1 aromatic carbocycles. The van der Waals surface area contributed by atoms with Crippen molar-refractivity contribution in [3.05, 3.63) is 23.8 Å².